The molecule has 1 aliphatic carbocycles. The average Bonchev–Trinajstić information content (AvgIpc) is 3.70. The monoisotopic (exact) mass is 747 g/mol. The van der Waals surface area contributed by atoms with Crippen molar-refractivity contribution in [2.45, 2.75) is 63.8 Å². The van der Waals surface area contributed by atoms with E-state index in [2.05, 4.69) is 10.3 Å². The second-order valence-electron chi connectivity index (χ2n) is 14.2. The first-order chi connectivity index (χ1) is 26.1. The van der Waals surface area contributed by atoms with Crippen molar-refractivity contribution < 1.29 is 33.4 Å². The maximum Gasteiger partial charge on any atom is 0.407 e. The molecule has 0 bridgehead atoms. The van der Waals surface area contributed by atoms with E-state index >= 15 is 0 Å². The van der Waals surface area contributed by atoms with Crippen molar-refractivity contribution >= 4 is 46.4 Å². The fraction of sp³-hybridized carbons (Fsp3) is 0.302. The number of carbonyl (C=O) groups is 4. The Bertz CT molecular complexity index is 2150. The Labute approximate surface area is 318 Å². The first-order valence-electron chi connectivity index (χ1n) is 18.1. The van der Waals surface area contributed by atoms with E-state index in [0.717, 1.165) is 50.0 Å². The predicted octanol–water partition coefficient (Wildman–Crippen LogP) is 7.88. The number of hydrogen-bond donors (Lipinski definition) is 2. The number of rotatable bonds is 11. The molecule has 5 aromatic rings. The van der Waals surface area contributed by atoms with E-state index in [0.29, 0.717) is 11.4 Å². The zero-order valence-electron chi connectivity index (χ0n) is 30.3. The van der Waals surface area contributed by atoms with Crippen molar-refractivity contribution in [2.75, 3.05) is 13.7 Å². The van der Waals surface area contributed by atoms with Gasteiger partial charge in [0.15, 0.2) is 0 Å². The number of alkyl carbamates (subject to hydrolysis) is 1. The van der Waals surface area contributed by atoms with Crippen LogP contribution in [0.2, 0.25) is 5.02 Å². The van der Waals surface area contributed by atoms with Gasteiger partial charge in [-0.05, 0) is 57.9 Å². The maximum atomic E-state index is 14.9. The summed E-state index contributed by atoms with van der Waals surface area (Å²) in [6.07, 6.45) is -0.744. The number of aromatic amines is 1. The number of aromatic nitrogens is 1. The van der Waals surface area contributed by atoms with Crippen molar-refractivity contribution in [3.05, 3.63) is 130 Å². The molecule has 1 aliphatic heterocycles. The molecule has 278 valence electrons. The van der Waals surface area contributed by atoms with Gasteiger partial charge >= 0.3 is 18.0 Å². The Balaban J connectivity index is 1.19. The summed E-state index contributed by atoms with van der Waals surface area (Å²) >= 11 is 6.35. The SMILES string of the molecule is COC(=O)[C@@H]1Cc2c([nH]c3cc(Cl)ccc23)[C@H](CC(C)C)N1C(=O)[C@H](CC(=O)OCc1ccccc1)NC(=O)OCC1c2ccccc2-c2ccccc21. The highest BCUT2D eigenvalue weighted by Gasteiger charge is 2.46. The molecule has 0 fully saturated rings. The number of nitrogens with zero attached hydrogens (tertiary/aromatic N) is 1. The molecular formula is C43H42ClN3O7. The van der Waals surface area contributed by atoms with E-state index in [1.165, 1.54) is 12.0 Å². The van der Waals surface area contributed by atoms with Gasteiger partial charge in [-0.3, -0.25) is 9.59 Å². The van der Waals surface area contributed by atoms with Crippen molar-refractivity contribution in [3.8, 4) is 11.1 Å². The smallest absolute Gasteiger partial charge is 0.407 e. The van der Waals surface area contributed by atoms with Gasteiger partial charge in [0.1, 0.15) is 25.3 Å². The highest BCUT2D eigenvalue weighted by molar-refractivity contribution is 6.31. The summed E-state index contributed by atoms with van der Waals surface area (Å²) in [6.45, 7) is 4.04. The van der Waals surface area contributed by atoms with Crippen LogP contribution in [0, 0.1) is 5.92 Å². The van der Waals surface area contributed by atoms with Crippen LogP contribution in [-0.4, -0.2) is 59.6 Å². The highest BCUT2D eigenvalue weighted by Crippen LogP contribution is 2.45. The van der Waals surface area contributed by atoms with Crippen molar-refractivity contribution in [1.29, 1.82) is 0 Å². The molecule has 2 aliphatic rings. The molecule has 2 amide bonds. The van der Waals surface area contributed by atoms with E-state index in [1.807, 2.05) is 105 Å². The Morgan fingerprint density at radius 2 is 1.56 bits per heavy atom. The van der Waals surface area contributed by atoms with Gasteiger partial charge in [0.2, 0.25) is 5.91 Å². The van der Waals surface area contributed by atoms with Gasteiger partial charge in [-0.25, -0.2) is 9.59 Å². The van der Waals surface area contributed by atoms with Crippen LogP contribution in [0.1, 0.15) is 66.6 Å². The number of ether oxygens (including phenoxy) is 3. The minimum Gasteiger partial charge on any atom is -0.467 e. The van der Waals surface area contributed by atoms with E-state index in [4.69, 9.17) is 25.8 Å². The van der Waals surface area contributed by atoms with Crippen LogP contribution < -0.4 is 5.32 Å². The number of halogens is 1. The number of hydrogen-bond acceptors (Lipinski definition) is 7. The third kappa shape index (κ3) is 7.43. The number of H-pyrrole nitrogens is 1. The van der Waals surface area contributed by atoms with Crippen LogP contribution in [0.25, 0.3) is 22.0 Å². The summed E-state index contributed by atoms with van der Waals surface area (Å²) in [4.78, 5) is 60.5. The second-order valence-corrected chi connectivity index (χ2v) is 14.7. The number of nitrogens with one attached hydrogen (secondary N) is 2. The molecular weight excluding hydrogens is 706 g/mol. The number of fused-ring (bicyclic) bond motifs is 6. The second kappa shape index (κ2) is 15.8. The molecule has 0 radical (unpaired) electrons. The van der Waals surface area contributed by atoms with Crippen LogP contribution in [0.4, 0.5) is 4.79 Å². The summed E-state index contributed by atoms with van der Waals surface area (Å²) < 4.78 is 16.7. The molecule has 0 spiro atoms. The lowest BCUT2D eigenvalue weighted by atomic mass is 9.86. The predicted molar refractivity (Wildman–Crippen MR) is 205 cm³/mol. The number of benzene rings is 4. The summed E-state index contributed by atoms with van der Waals surface area (Å²) in [7, 11) is 1.28. The normalized spacial score (nSPS) is 16.6. The minimum absolute atomic E-state index is 0.00465. The largest absolute Gasteiger partial charge is 0.467 e. The summed E-state index contributed by atoms with van der Waals surface area (Å²) in [5.74, 6) is -2.08. The van der Waals surface area contributed by atoms with Crippen molar-refractivity contribution in [3.63, 3.8) is 0 Å². The van der Waals surface area contributed by atoms with Crippen LogP contribution in [0.15, 0.2) is 97.1 Å². The van der Waals surface area contributed by atoms with E-state index < -0.39 is 48.5 Å². The van der Waals surface area contributed by atoms with Crippen LogP contribution in [0.5, 0.6) is 0 Å². The van der Waals surface area contributed by atoms with Gasteiger partial charge < -0.3 is 29.4 Å². The molecule has 3 atom stereocenters. The molecule has 1 aromatic heterocycles. The Kier molecular flexibility index (Phi) is 10.7. The molecule has 2 N–H and O–H groups in total. The zero-order valence-corrected chi connectivity index (χ0v) is 31.1. The number of amides is 2. The lowest BCUT2D eigenvalue weighted by Crippen LogP contribution is -2.58. The first kappa shape index (κ1) is 36.7. The fourth-order valence-electron chi connectivity index (χ4n) is 7.85. The first-order valence-corrected chi connectivity index (χ1v) is 18.5. The molecule has 0 saturated heterocycles. The molecule has 0 unspecified atom stereocenters. The van der Waals surface area contributed by atoms with Crippen molar-refractivity contribution in [2.24, 2.45) is 5.92 Å². The Morgan fingerprint density at radius 1 is 0.889 bits per heavy atom. The molecule has 0 saturated carbocycles. The van der Waals surface area contributed by atoms with E-state index in [9.17, 15) is 19.2 Å². The summed E-state index contributed by atoms with van der Waals surface area (Å²) in [6, 6.07) is 27.5. The zero-order chi connectivity index (χ0) is 37.9. The lowest BCUT2D eigenvalue weighted by Gasteiger charge is -2.42. The topological polar surface area (TPSA) is 127 Å². The van der Waals surface area contributed by atoms with Crippen LogP contribution in [0.3, 0.4) is 0 Å². The third-order valence-electron chi connectivity index (χ3n) is 10.3. The third-order valence-corrected chi connectivity index (χ3v) is 10.5. The van der Waals surface area contributed by atoms with E-state index in [-0.39, 0.29) is 31.5 Å². The average molecular weight is 748 g/mol. The number of methoxy groups -OCH3 is 1. The molecule has 54 heavy (non-hydrogen) atoms. The lowest BCUT2D eigenvalue weighted by molar-refractivity contribution is -0.158. The van der Waals surface area contributed by atoms with Crippen molar-refractivity contribution in [1.82, 2.24) is 15.2 Å². The van der Waals surface area contributed by atoms with Crippen LogP contribution in [-0.2, 0) is 41.6 Å². The minimum atomic E-state index is -1.42. The standard InChI is InChI=1S/C43H42ClN3O7/c1-25(2)19-37-40-33(32-18-17-27(44)20-35(32)45-40)21-38(42(50)52-3)47(37)41(49)36(22-39(48)53-23-26-11-5-4-6-12-26)46-43(51)54-24-34-30-15-9-7-13-28(30)29-14-8-10-16-31(29)34/h4-18,20,25,34,36-38,45H,19,21-24H2,1-3H3,(H,46,51)/t36-,37-,38-/m0/s1. The van der Waals surface area contributed by atoms with Gasteiger partial charge in [-0.1, -0.05) is 110 Å². The number of carbonyl (C=O) groups excluding carboxylic acids is 4. The van der Waals surface area contributed by atoms with Gasteiger partial charge in [-0.15, -0.1) is 0 Å². The highest BCUT2D eigenvalue weighted by atomic mass is 35.5. The molecule has 10 nitrogen and oxygen atoms in total. The Morgan fingerprint density at radius 3 is 2.22 bits per heavy atom. The van der Waals surface area contributed by atoms with Gasteiger partial charge in [0.05, 0.1) is 19.6 Å². The Hall–Kier alpha value is -5.61. The maximum absolute atomic E-state index is 14.9. The van der Waals surface area contributed by atoms with Gasteiger partial charge in [0, 0.05) is 34.0 Å². The van der Waals surface area contributed by atoms with E-state index in [1.54, 1.807) is 6.07 Å². The summed E-state index contributed by atoms with van der Waals surface area (Å²) in [5.41, 5.74) is 7.40. The quantitative estimate of drug-likeness (QED) is 0.104. The number of esters is 2. The molecule has 2 heterocycles. The van der Waals surface area contributed by atoms with Gasteiger partial charge in [-0.2, -0.15) is 0 Å². The molecule has 7 rings (SSSR count). The van der Waals surface area contributed by atoms with Crippen LogP contribution >= 0.6 is 11.6 Å². The van der Waals surface area contributed by atoms with Gasteiger partial charge in [0.25, 0.3) is 0 Å². The summed E-state index contributed by atoms with van der Waals surface area (Å²) in [5, 5.41) is 4.12. The fourth-order valence-corrected chi connectivity index (χ4v) is 8.02. The molecule has 11 heteroatoms. The molecule has 4 aromatic carbocycles.